The number of hydrogen-bond donors (Lipinski definition) is 1. The van der Waals surface area contributed by atoms with Crippen LogP contribution in [0.4, 0.5) is 5.69 Å². The summed E-state index contributed by atoms with van der Waals surface area (Å²) in [5, 5.41) is 14.3. The molecule has 1 fully saturated rings. The topological polar surface area (TPSA) is 81.5 Å². The van der Waals surface area contributed by atoms with Crippen molar-refractivity contribution in [3.8, 4) is 5.75 Å². The summed E-state index contributed by atoms with van der Waals surface area (Å²) in [6.45, 7) is 2.11. The lowest BCUT2D eigenvalue weighted by atomic mass is 9.86. The Morgan fingerprint density at radius 3 is 2.65 bits per heavy atom. The molecule has 126 valence electrons. The predicted octanol–water partition coefficient (Wildman–Crippen LogP) is 3.63. The molecule has 0 unspecified atom stereocenters. The monoisotopic (exact) mass is 338 g/mol. The first-order valence-corrected chi connectivity index (χ1v) is 8.91. The van der Waals surface area contributed by atoms with E-state index in [9.17, 15) is 14.9 Å². The number of ether oxygens (including phenoxy) is 1. The average Bonchev–Trinajstić information content (AvgIpc) is 2.55. The summed E-state index contributed by atoms with van der Waals surface area (Å²) in [4.78, 5) is 24.1. The summed E-state index contributed by atoms with van der Waals surface area (Å²) in [5.41, 5.74) is -0.126. The van der Waals surface area contributed by atoms with Crippen molar-refractivity contribution in [2.45, 2.75) is 43.5 Å². The molecule has 1 aliphatic rings. The summed E-state index contributed by atoms with van der Waals surface area (Å²) in [7, 11) is 1.46. The van der Waals surface area contributed by atoms with Crippen molar-refractivity contribution in [3.63, 3.8) is 0 Å². The molecule has 1 saturated carbocycles. The Morgan fingerprint density at radius 2 is 2.09 bits per heavy atom. The molecule has 0 aromatic heterocycles. The van der Waals surface area contributed by atoms with Gasteiger partial charge >= 0.3 is 0 Å². The van der Waals surface area contributed by atoms with Crippen LogP contribution in [-0.4, -0.2) is 30.2 Å². The first kappa shape index (κ1) is 17.6. The molecule has 1 aliphatic carbocycles. The van der Waals surface area contributed by atoms with E-state index in [1.165, 1.54) is 31.4 Å². The van der Waals surface area contributed by atoms with Crippen LogP contribution in [0.5, 0.6) is 5.75 Å². The van der Waals surface area contributed by atoms with Crippen LogP contribution in [-0.2, 0) is 0 Å². The Bertz CT molecular complexity index is 606. The highest BCUT2D eigenvalue weighted by Crippen LogP contribution is 2.34. The molecule has 0 spiro atoms. The second-order valence-corrected chi connectivity index (χ2v) is 6.67. The highest BCUT2D eigenvalue weighted by Gasteiger charge is 2.28. The van der Waals surface area contributed by atoms with E-state index in [2.05, 4.69) is 12.2 Å². The highest BCUT2D eigenvalue weighted by molar-refractivity contribution is 7.98. The van der Waals surface area contributed by atoms with Gasteiger partial charge in [-0.3, -0.25) is 14.9 Å². The van der Waals surface area contributed by atoms with Crippen molar-refractivity contribution in [3.05, 3.63) is 27.8 Å². The third-order valence-electron chi connectivity index (χ3n) is 4.37. The van der Waals surface area contributed by atoms with Gasteiger partial charge in [0.1, 0.15) is 11.3 Å². The number of methoxy groups -OCH3 is 1. The molecule has 6 nitrogen and oxygen atoms in total. The summed E-state index contributed by atoms with van der Waals surface area (Å²) in [5.74, 6) is 0.421. The van der Waals surface area contributed by atoms with Gasteiger partial charge in [-0.15, -0.1) is 11.8 Å². The van der Waals surface area contributed by atoms with E-state index in [0.717, 1.165) is 19.3 Å². The molecule has 1 aromatic rings. The zero-order valence-corrected chi connectivity index (χ0v) is 14.4. The van der Waals surface area contributed by atoms with Crippen LogP contribution >= 0.6 is 11.8 Å². The molecular formula is C16H22N2O4S. The Kier molecular flexibility index (Phi) is 5.87. The lowest BCUT2D eigenvalue weighted by molar-refractivity contribution is -0.385. The molecule has 0 saturated heterocycles. The van der Waals surface area contributed by atoms with Gasteiger partial charge in [0.2, 0.25) is 0 Å². The van der Waals surface area contributed by atoms with E-state index in [-0.39, 0.29) is 23.2 Å². The fourth-order valence-corrected chi connectivity index (χ4v) is 3.56. The SMILES string of the molecule is COc1cc([N+](=O)[O-])c(C(=O)N[C@@H]2CCCC[C@H]2C)cc1SC. The third kappa shape index (κ3) is 3.96. The van der Waals surface area contributed by atoms with Crippen LogP contribution in [0.3, 0.4) is 0 Å². The Labute approximate surface area is 140 Å². The summed E-state index contributed by atoms with van der Waals surface area (Å²) < 4.78 is 5.17. The summed E-state index contributed by atoms with van der Waals surface area (Å²) in [6.07, 6.45) is 6.09. The van der Waals surface area contributed by atoms with Gasteiger partial charge in [0, 0.05) is 6.04 Å². The van der Waals surface area contributed by atoms with Gasteiger partial charge in [-0.25, -0.2) is 0 Å². The Morgan fingerprint density at radius 1 is 1.39 bits per heavy atom. The molecule has 2 rings (SSSR count). The minimum Gasteiger partial charge on any atom is -0.495 e. The zero-order valence-electron chi connectivity index (χ0n) is 13.6. The number of benzene rings is 1. The first-order valence-electron chi connectivity index (χ1n) is 7.69. The molecule has 2 atom stereocenters. The molecule has 7 heteroatoms. The van der Waals surface area contributed by atoms with Crippen LogP contribution in [0.15, 0.2) is 17.0 Å². The molecule has 0 bridgehead atoms. The second kappa shape index (κ2) is 7.68. The van der Waals surface area contributed by atoms with Crippen molar-refractivity contribution in [2.24, 2.45) is 5.92 Å². The maximum absolute atomic E-state index is 12.6. The Hall–Kier alpha value is -1.76. The maximum Gasteiger partial charge on any atom is 0.285 e. The van der Waals surface area contributed by atoms with Crippen LogP contribution in [0.1, 0.15) is 43.0 Å². The van der Waals surface area contributed by atoms with Crippen molar-refractivity contribution < 1.29 is 14.5 Å². The number of hydrogen-bond acceptors (Lipinski definition) is 5. The smallest absolute Gasteiger partial charge is 0.285 e. The number of nitrogens with one attached hydrogen (secondary N) is 1. The molecule has 1 amide bonds. The van der Waals surface area contributed by atoms with Crippen molar-refractivity contribution in [1.82, 2.24) is 5.32 Å². The van der Waals surface area contributed by atoms with Crippen molar-refractivity contribution in [1.29, 1.82) is 0 Å². The fourth-order valence-electron chi connectivity index (χ4n) is 2.98. The van der Waals surface area contributed by atoms with Crippen LogP contribution in [0.2, 0.25) is 0 Å². The summed E-state index contributed by atoms with van der Waals surface area (Å²) in [6, 6.07) is 2.95. The summed E-state index contributed by atoms with van der Waals surface area (Å²) >= 11 is 1.39. The molecular weight excluding hydrogens is 316 g/mol. The largest absolute Gasteiger partial charge is 0.495 e. The first-order chi connectivity index (χ1) is 11.0. The number of rotatable bonds is 5. The highest BCUT2D eigenvalue weighted by atomic mass is 32.2. The Balaban J connectivity index is 2.32. The van der Waals surface area contributed by atoms with E-state index < -0.39 is 4.92 Å². The number of nitro benzene ring substituents is 1. The molecule has 0 aliphatic heterocycles. The maximum atomic E-state index is 12.6. The lowest BCUT2D eigenvalue weighted by Gasteiger charge is -2.29. The lowest BCUT2D eigenvalue weighted by Crippen LogP contribution is -2.41. The fraction of sp³-hybridized carbons (Fsp3) is 0.562. The van der Waals surface area contributed by atoms with E-state index in [1.54, 1.807) is 6.07 Å². The number of amides is 1. The number of carbonyl (C=O) groups is 1. The third-order valence-corrected chi connectivity index (χ3v) is 5.13. The molecule has 1 aromatic carbocycles. The van der Waals surface area contributed by atoms with Gasteiger partial charge in [0.25, 0.3) is 11.6 Å². The van der Waals surface area contributed by atoms with Gasteiger partial charge in [-0.1, -0.05) is 19.8 Å². The normalized spacial score (nSPS) is 20.8. The number of nitrogens with zero attached hydrogens (tertiary/aromatic N) is 1. The molecule has 0 radical (unpaired) electrons. The van der Waals surface area contributed by atoms with Crippen LogP contribution in [0, 0.1) is 16.0 Å². The second-order valence-electron chi connectivity index (χ2n) is 5.82. The molecule has 1 N–H and O–H groups in total. The molecule has 23 heavy (non-hydrogen) atoms. The van der Waals surface area contributed by atoms with E-state index in [4.69, 9.17) is 4.74 Å². The standard InChI is InChI=1S/C16H22N2O4S/c1-10-6-4-5-7-12(10)17-16(19)11-8-15(23-3)14(22-2)9-13(11)18(20)21/h8-10,12H,4-7H2,1-3H3,(H,17,19)/t10-,12-/m1/s1. The van der Waals surface area contributed by atoms with E-state index in [1.807, 2.05) is 6.26 Å². The minimum absolute atomic E-state index is 0.0793. The number of nitro groups is 1. The average molecular weight is 338 g/mol. The quantitative estimate of drug-likeness (QED) is 0.503. The van der Waals surface area contributed by atoms with Gasteiger partial charge in [0.15, 0.2) is 0 Å². The zero-order chi connectivity index (χ0) is 17.0. The van der Waals surface area contributed by atoms with Crippen molar-refractivity contribution >= 4 is 23.4 Å². The van der Waals surface area contributed by atoms with Crippen LogP contribution < -0.4 is 10.1 Å². The van der Waals surface area contributed by atoms with Crippen LogP contribution in [0.25, 0.3) is 0 Å². The van der Waals surface area contributed by atoms with Gasteiger partial charge < -0.3 is 10.1 Å². The minimum atomic E-state index is -0.536. The van der Waals surface area contributed by atoms with E-state index in [0.29, 0.717) is 16.6 Å². The van der Waals surface area contributed by atoms with Gasteiger partial charge in [-0.05, 0) is 31.1 Å². The van der Waals surface area contributed by atoms with Gasteiger partial charge in [0.05, 0.1) is 23.0 Å². The van der Waals surface area contributed by atoms with E-state index >= 15 is 0 Å². The predicted molar refractivity (Wildman–Crippen MR) is 90.3 cm³/mol. The molecule has 0 heterocycles. The van der Waals surface area contributed by atoms with Crippen molar-refractivity contribution in [2.75, 3.05) is 13.4 Å². The van der Waals surface area contributed by atoms with Gasteiger partial charge in [-0.2, -0.15) is 0 Å². The number of carbonyl (C=O) groups excluding carboxylic acids is 1. The number of thioether (sulfide) groups is 1.